The van der Waals surface area contributed by atoms with Crippen molar-refractivity contribution in [2.75, 3.05) is 0 Å². The summed E-state index contributed by atoms with van der Waals surface area (Å²) in [6, 6.07) is 8.66. The Morgan fingerprint density at radius 2 is 1.71 bits per heavy atom. The SMILES string of the molecule is CCCC(C)(N)c1ncc(-c2ccc(C(C)(C)C)cc2)[nH]1. The molecule has 1 heterocycles. The number of nitrogens with one attached hydrogen (secondary N) is 1. The molecule has 1 aromatic heterocycles. The minimum Gasteiger partial charge on any atom is -0.340 e. The van der Waals surface area contributed by atoms with Gasteiger partial charge in [0.25, 0.3) is 0 Å². The second kappa shape index (κ2) is 5.64. The Morgan fingerprint density at radius 3 is 2.24 bits per heavy atom. The maximum Gasteiger partial charge on any atom is 0.126 e. The van der Waals surface area contributed by atoms with Crippen LogP contribution in [0.15, 0.2) is 30.5 Å². The molecule has 0 aliphatic carbocycles. The van der Waals surface area contributed by atoms with Crippen LogP contribution < -0.4 is 5.73 Å². The van der Waals surface area contributed by atoms with Gasteiger partial charge in [0.15, 0.2) is 0 Å². The van der Waals surface area contributed by atoms with Crippen LogP contribution in [0.4, 0.5) is 0 Å². The van der Waals surface area contributed by atoms with E-state index < -0.39 is 5.54 Å². The summed E-state index contributed by atoms with van der Waals surface area (Å²) < 4.78 is 0. The zero-order valence-electron chi connectivity index (χ0n) is 13.8. The minimum atomic E-state index is -0.391. The van der Waals surface area contributed by atoms with Gasteiger partial charge < -0.3 is 10.7 Å². The summed E-state index contributed by atoms with van der Waals surface area (Å²) in [5.41, 5.74) is 9.62. The highest BCUT2D eigenvalue weighted by Gasteiger charge is 2.23. The van der Waals surface area contributed by atoms with Crippen molar-refractivity contribution in [3.63, 3.8) is 0 Å². The maximum atomic E-state index is 6.33. The van der Waals surface area contributed by atoms with Crippen molar-refractivity contribution < 1.29 is 0 Å². The first-order chi connectivity index (χ1) is 9.74. The molecule has 0 fully saturated rings. The molecule has 2 aromatic rings. The standard InChI is InChI=1S/C18H27N3/c1-6-11-18(5,19)16-20-12-15(21-16)13-7-9-14(10-8-13)17(2,3)4/h7-10,12H,6,11,19H2,1-5H3,(H,20,21). The lowest BCUT2D eigenvalue weighted by Gasteiger charge is -2.21. The number of imidazole rings is 1. The van der Waals surface area contributed by atoms with Crippen molar-refractivity contribution in [3.8, 4) is 11.3 Å². The van der Waals surface area contributed by atoms with Crippen LogP contribution in [0.1, 0.15) is 58.8 Å². The molecule has 3 N–H and O–H groups in total. The molecule has 2 rings (SSSR count). The van der Waals surface area contributed by atoms with Crippen LogP contribution in [-0.2, 0) is 11.0 Å². The Kier molecular flexibility index (Phi) is 4.24. The van der Waals surface area contributed by atoms with Gasteiger partial charge in [0.2, 0.25) is 0 Å². The van der Waals surface area contributed by atoms with Gasteiger partial charge in [-0.3, -0.25) is 0 Å². The molecule has 1 unspecified atom stereocenters. The monoisotopic (exact) mass is 285 g/mol. The molecule has 0 bridgehead atoms. The largest absolute Gasteiger partial charge is 0.340 e. The van der Waals surface area contributed by atoms with Gasteiger partial charge in [-0.25, -0.2) is 4.98 Å². The highest BCUT2D eigenvalue weighted by atomic mass is 15.0. The van der Waals surface area contributed by atoms with Gasteiger partial charge >= 0.3 is 0 Å². The average molecular weight is 285 g/mol. The van der Waals surface area contributed by atoms with E-state index in [-0.39, 0.29) is 5.41 Å². The van der Waals surface area contributed by atoms with Crippen molar-refractivity contribution in [3.05, 3.63) is 41.9 Å². The van der Waals surface area contributed by atoms with E-state index in [0.29, 0.717) is 0 Å². The molecular weight excluding hydrogens is 258 g/mol. The van der Waals surface area contributed by atoms with Crippen LogP contribution in [0.5, 0.6) is 0 Å². The lowest BCUT2D eigenvalue weighted by molar-refractivity contribution is 0.423. The third kappa shape index (κ3) is 3.53. The van der Waals surface area contributed by atoms with Crippen LogP contribution in [0.3, 0.4) is 0 Å². The average Bonchev–Trinajstić information content (AvgIpc) is 2.88. The summed E-state index contributed by atoms with van der Waals surface area (Å²) in [7, 11) is 0. The molecule has 3 heteroatoms. The molecule has 1 atom stereocenters. The Balaban J connectivity index is 2.26. The van der Waals surface area contributed by atoms with Gasteiger partial charge in [-0.1, -0.05) is 58.4 Å². The van der Waals surface area contributed by atoms with E-state index in [9.17, 15) is 0 Å². The van der Waals surface area contributed by atoms with Crippen molar-refractivity contribution in [1.29, 1.82) is 0 Å². The highest BCUT2D eigenvalue weighted by molar-refractivity contribution is 5.59. The molecular formula is C18H27N3. The van der Waals surface area contributed by atoms with Crippen molar-refractivity contribution in [1.82, 2.24) is 9.97 Å². The molecule has 0 aliphatic rings. The number of hydrogen-bond acceptors (Lipinski definition) is 2. The van der Waals surface area contributed by atoms with Crippen LogP contribution in [0, 0.1) is 0 Å². The zero-order valence-corrected chi connectivity index (χ0v) is 13.8. The molecule has 1 aromatic carbocycles. The van der Waals surface area contributed by atoms with Crippen LogP contribution >= 0.6 is 0 Å². The van der Waals surface area contributed by atoms with E-state index in [1.54, 1.807) is 0 Å². The van der Waals surface area contributed by atoms with Gasteiger partial charge in [0.1, 0.15) is 5.82 Å². The van der Waals surface area contributed by atoms with Gasteiger partial charge in [0.05, 0.1) is 17.4 Å². The minimum absolute atomic E-state index is 0.175. The van der Waals surface area contributed by atoms with Crippen LogP contribution in [-0.4, -0.2) is 9.97 Å². The number of H-pyrrole nitrogens is 1. The van der Waals surface area contributed by atoms with E-state index in [1.165, 1.54) is 5.56 Å². The van der Waals surface area contributed by atoms with Gasteiger partial charge in [-0.05, 0) is 29.9 Å². The lowest BCUT2D eigenvalue weighted by Crippen LogP contribution is -2.34. The van der Waals surface area contributed by atoms with Crippen LogP contribution in [0.2, 0.25) is 0 Å². The number of aromatic nitrogens is 2. The molecule has 0 aliphatic heterocycles. The molecule has 0 spiro atoms. The number of hydrogen-bond donors (Lipinski definition) is 2. The van der Waals surface area contributed by atoms with E-state index >= 15 is 0 Å². The van der Waals surface area contributed by atoms with Gasteiger partial charge in [-0.2, -0.15) is 0 Å². The number of nitrogens with zero attached hydrogens (tertiary/aromatic N) is 1. The fourth-order valence-corrected chi connectivity index (χ4v) is 2.55. The van der Waals surface area contributed by atoms with Gasteiger partial charge in [0, 0.05) is 0 Å². The normalized spacial score (nSPS) is 15.0. The van der Waals surface area contributed by atoms with E-state index in [0.717, 1.165) is 29.9 Å². The summed E-state index contributed by atoms with van der Waals surface area (Å²) in [4.78, 5) is 7.85. The Hall–Kier alpha value is -1.61. The third-order valence-corrected chi connectivity index (χ3v) is 3.95. The van der Waals surface area contributed by atoms with Crippen LogP contribution in [0.25, 0.3) is 11.3 Å². The zero-order chi connectivity index (χ0) is 15.7. The van der Waals surface area contributed by atoms with E-state index in [1.807, 2.05) is 13.1 Å². The van der Waals surface area contributed by atoms with Crippen molar-refractivity contribution in [2.24, 2.45) is 5.73 Å². The van der Waals surface area contributed by atoms with E-state index in [2.05, 4.69) is 61.9 Å². The first-order valence-corrected chi connectivity index (χ1v) is 7.69. The number of aromatic amines is 1. The molecule has 21 heavy (non-hydrogen) atoms. The van der Waals surface area contributed by atoms with Gasteiger partial charge in [-0.15, -0.1) is 0 Å². The molecule has 3 nitrogen and oxygen atoms in total. The quantitative estimate of drug-likeness (QED) is 0.877. The Morgan fingerprint density at radius 1 is 1.10 bits per heavy atom. The highest BCUT2D eigenvalue weighted by Crippen LogP contribution is 2.27. The predicted octanol–water partition coefficient (Wildman–Crippen LogP) is 4.35. The summed E-state index contributed by atoms with van der Waals surface area (Å²) in [6.07, 6.45) is 3.84. The first-order valence-electron chi connectivity index (χ1n) is 7.69. The smallest absolute Gasteiger partial charge is 0.126 e. The molecule has 0 saturated heterocycles. The topological polar surface area (TPSA) is 54.7 Å². The Labute approximate surface area is 128 Å². The van der Waals surface area contributed by atoms with E-state index in [4.69, 9.17) is 5.73 Å². The summed E-state index contributed by atoms with van der Waals surface area (Å²) in [5.74, 6) is 0.860. The first kappa shape index (κ1) is 15.8. The molecule has 0 radical (unpaired) electrons. The molecule has 114 valence electrons. The summed E-state index contributed by atoms with van der Waals surface area (Å²) >= 11 is 0. The number of benzene rings is 1. The second-order valence-corrected chi connectivity index (χ2v) is 7.14. The maximum absolute atomic E-state index is 6.33. The lowest BCUT2D eigenvalue weighted by atomic mass is 9.86. The fraction of sp³-hybridized carbons (Fsp3) is 0.500. The number of nitrogens with two attached hydrogens (primary N) is 1. The summed E-state index contributed by atoms with van der Waals surface area (Å²) in [6.45, 7) is 10.8. The number of rotatable bonds is 4. The molecule has 0 saturated carbocycles. The molecule has 0 amide bonds. The Bertz CT molecular complexity index is 586. The fourth-order valence-electron chi connectivity index (χ4n) is 2.55. The third-order valence-electron chi connectivity index (χ3n) is 3.95. The summed E-state index contributed by atoms with van der Waals surface area (Å²) in [5, 5.41) is 0. The van der Waals surface area contributed by atoms with Crippen molar-refractivity contribution in [2.45, 2.75) is 58.4 Å². The van der Waals surface area contributed by atoms with Crippen molar-refractivity contribution >= 4 is 0 Å². The predicted molar refractivity (Wildman–Crippen MR) is 89.2 cm³/mol. The second-order valence-electron chi connectivity index (χ2n) is 7.14.